The molecule has 5 heterocycles. The van der Waals surface area contributed by atoms with Gasteiger partial charge in [0.05, 0.1) is 39.2 Å². The number of ether oxygens (including phenoxy) is 2. The van der Waals surface area contributed by atoms with Crippen LogP contribution in [0.4, 0.5) is 5.69 Å². The van der Waals surface area contributed by atoms with Crippen molar-refractivity contribution in [3.8, 4) is 22.6 Å². The summed E-state index contributed by atoms with van der Waals surface area (Å²) in [4.78, 5) is 14.1. The average Bonchev–Trinajstić information content (AvgIpc) is 3.56. The van der Waals surface area contributed by atoms with Gasteiger partial charge in [0, 0.05) is 68.1 Å². The number of anilines is 1. The largest absolute Gasteiger partial charge is 0.379 e. The zero-order valence-electron chi connectivity index (χ0n) is 19.0. The minimum absolute atomic E-state index is 0.629. The van der Waals surface area contributed by atoms with E-state index in [-0.39, 0.29) is 0 Å². The summed E-state index contributed by atoms with van der Waals surface area (Å²) in [7, 11) is 0. The number of hydrogen-bond donors (Lipinski definition) is 0. The second-order valence-corrected chi connectivity index (χ2v) is 8.49. The molecule has 0 spiro atoms. The van der Waals surface area contributed by atoms with Gasteiger partial charge in [0.2, 0.25) is 0 Å². The van der Waals surface area contributed by atoms with E-state index in [1.54, 1.807) is 10.7 Å². The van der Waals surface area contributed by atoms with Gasteiger partial charge in [-0.1, -0.05) is 6.07 Å². The summed E-state index contributed by atoms with van der Waals surface area (Å²) in [5.41, 5.74) is 4.40. The van der Waals surface area contributed by atoms with Crippen LogP contribution < -0.4 is 4.90 Å². The van der Waals surface area contributed by atoms with Crippen LogP contribution in [0.3, 0.4) is 0 Å². The molecule has 1 radical (unpaired) electrons. The summed E-state index contributed by atoms with van der Waals surface area (Å²) in [6.07, 6.45) is 7.45. The van der Waals surface area contributed by atoms with Gasteiger partial charge in [0.15, 0.2) is 11.5 Å². The number of morpholine rings is 2. The van der Waals surface area contributed by atoms with Crippen LogP contribution in [-0.2, 0) is 16.0 Å². The predicted molar refractivity (Wildman–Crippen MR) is 127 cm³/mol. The maximum Gasteiger partial charge on any atom is 0.182 e. The molecule has 2 aliphatic rings. The number of nitrogens with zero attached hydrogens (tertiary/aromatic N) is 8. The molecule has 1 aromatic carbocycles. The molecule has 175 valence electrons. The molecule has 2 aliphatic heterocycles. The van der Waals surface area contributed by atoms with Crippen molar-refractivity contribution in [3.63, 3.8) is 0 Å². The molecule has 34 heavy (non-hydrogen) atoms. The first-order valence-corrected chi connectivity index (χ1v) is 11.7. The van der Waals surface area contributed by atoms with E-state index in [9.17, 15) is 0 Å². The summed E-state index contributed by atoms with van der Waals surface area (Å²) in [6, 6.07) is 9.39. The number of aromatic nitrogens is 6. The fourth-order valence-electron chi connectivity index (χ4n) is 4.41. The van der Waals surface area contributed by atoms with Crippen LogP contribution in [-0.4, -0.2) is 93.4 Å². The van der Waals surface area contributed by atoms with Crippen LogP contribution in [0.5, 0.6) is 0 Å². The van der Waals surface area contributed by atoms with Crippen molar-refractivity contribution in [2.24, 2.45) is 0 Å². The highest BCUT2D eigenvalue weighted by atomic mass is 16.5. The molecule has 2 saturated heterocycles. The number of hydrogen-bond acceptors (Lipinski definition) is 8. The van der Waals surface area contributed by atoms with Crippen LogP contribution in [0.25, 0.3) is 28.3 Å². The summed E-state index contributed by atoms with van der Waals surface area (Å²) in [5.74, 6) is 0.629. The van der Waals surface area contributed by atoms with Crippen molar-refractivity contribution in [2.75, 3.05) is 64.1 Å². The maximum atomic E-state index is 5.48. The molecule has 0 amide bonds. The lowest BCUT2D eigenvalue weighted by Crippen LogP contribution is -2.38. The Balaban J connectivity index is 1.24. The summed E-state index contributed by atoms with van der Waals surface area (Å²) in [5, 5.41) is 9.26. The van der Waals surface area contributed by atoms with Gasteiger partial charge in [-0.05, 0) is 18.2 Å². The van der Waals surface area contributed by atoms with Crippen molar-refractivity contribution in [1.29, 1.82) is 0 Å². The third-order valence-electron chi connectivity index (χ3n) is 6.31. The standard InChI is InChI=1S/C24H27N8O2/c1-2-19(16-21(3-1)30-10-14-34-15-11-30)23-27-24-22(25-4-5-32(24)28-23)20-17-26-31(18-20)7-6-29-8-12-33-13-9-29/h1,3-5,16-18H,6-15H2. The fourth-order valence-corrected chi connectivity index (χ4v) is 4.41. The van der Waals surface area contributed by atoms with Crippen LogP contribution >= 0.6 is 0 Å². The first-order valence-electron chi connectivity index (χ1n) is 11.7. The van der Waals surface area contributed by atoms with Gasteiger partial charge in [0.1, 0.15) is 5.69 Å². The molecule has 2 fully saturated rings. The van der Waals surface area contributed by atoms with Gasteiger partial charge >= 0.3 is 0 Å². The lowest BCUT2D eigenvalue weighted by Gasteiger charge is -2.29. The molecule has 10 nitrogen and oxygen atoms in total. The molecule has 6 rings (SSSR count). The van der Waals surface area contributed by atoms with Crippen molar-refractivity contribution in [3.05, 3.63) is 49.1 Å². The third-order valence-corrected chi connectivity index (χ3v) is 6.31. The molecule has 4 aromatic rings. The highest BCUT2D eigenvalue weighted by Gasteiger charge is 2.17. The van der Waals surface area contributed by atoms with E-state index in [1.165, 1.54) is 0 Å². The van der Waals surface area contributed by atoms with Gasteiger partial charge in [0.25, 0.3) is 0 Å². The van der Waals surface area contributed by atoms with Crippen molar-refractivity contribution < 1.29 is 9.47 Å². The second kappa shape index (κ2) is 9.49. The van der Waals surface area contributed by atoms with E-state index in [0.717, 1.165) is 88.2 Å². The molecule has 10 heteroatoms. The van der Waals surface area contributed by atoms with Crippen LogP contribution in [0, 0.1) is 6.07 Å². The molecule has 0 unspecified atom stereocenters. The van der Waals surface area contributed by atoms with Gasteiger partial charge in [-0.3, -0.25) is 14.6 Å². The first kappa shape index (κ1) is 21.2. The van der Waals surface area contributed by atoms with E-state index in [1.807, 2.05) is 29.3 Å². The third kappa shape index (κ3) is 4.39. The molecular formula is C24H27N8O2. The quantitative estimate of drug-likeness (QED) is 0.430. The molecule has 0 atom stereocenters. The normalized spacial score (nSPS) is 17.5. The topological polar surface area (TPSA) is 85.8 Å². The van der Waals surface area contributed by atoms with Gasteiger partial charge in [-0.15, -0.1) is 5.10 Å². The summed E-state index contributed by atoms with van der Waals surface area (Å²) < 4.78 is 14.6. The number of benzene rings is 1. The lowest BCUT2D eigenvalue weighted by atomic mass is 10.1. The Kier molecular flexibility index (Phi) is 5.92. The zero-order valence-corrected chi connectivity index (χ0v) is 19.0. The molecule has 0 bridgehead atoms. The van der Waals surface area contributed by atoms with Gasteiger partial charge in [-0.2, -0.15) is 5.10 Å². The van der Waals surface area contributed by atoms with Crippen LogP contribution in [0.2, 0.25) is 0 Å². The average molecular weight is 460 g/mol. The first-order chi connectivity index (χ1) is 16.8. The van der Waals surface area contributed by atoms with Crippen LogP contribution in [0.1, 0.15) is 0 Å². The van der Waals surface area contributed by atoms with Crippen molar-refractivity contribution in [2.45, 2.75) is 6.54 Å². The van der Waals surface area contributed by atoms with Crippen molar-refractivity contribution >= 4 is 11.3 Å². The Morgan fingerprint density at radius 1 is 1.00 bits per heavy atom. The predicted octanol–water partition coefficient (Wildman–Crippen LogP) is 1.62. The second-order valence-electron chi connectivity index (χ2n) is 8.49. The monoisotopic (exact) mass is 459 g/mol. The highest BCUT2D eigenvalue weighted by Crippen LogP contribution is 2.26. The van der Waals surface area contributed by atoms with E-state index < -0.39 is 0 Å². The Bertz CT molecular complexity index is 1260. The lowest BCUT2D eigenvalue weighted by molar-refractivity contribution is 0.0360. The molecular weight excluding hydrogens is 432 g/mol. The van der Waals surface area contributed by atoms with Gasteiger partial charge < -0.3 is 14.4 Å². The Morgan fingerprint density at radius 2 is 1.82 bits per heavy atom. The molecule has 0 saturated carbocycles. The molecule has 3 aromatic heterocycles. The Morgan fingerprint density at radius 3 is 2.68 bits per heavy atom. The molecule has 0 N–H and O–H groups in total. The Labute approximate surface area is 197 Å². The Hall–Kier alpha value is -3.34. The minimum Gasteiger partial charge on any atom is -0.379 e. The van der Waals surface area contributed by atoms with Crippen molar-refractivity contribution in [1.82, 2.24) is 34.3 Å². The number of rotatable bonds is 6. The zero-order chi connectivity index (χ0) is 22.7. The summed E-state index contributed by atoms with van der Waals surface area (Å²) in [6.45, 7) is 8.58. The maximum absolute atomic E-state index is 5.48. The van der Waals surface area contributed by atoms with E-state index in [4.69, 9.17) is 19.6 Å². The fraction of sp³-hybridized carbons (Fsp3) is 0.417. The minimum atomic E-state index is 0.629. The van der Waals surface area contributed by atoms with Gasteiger partial charge in [-0.25, -0.2) is 9.50 Å². The van der Waals surface area contributed by atoms with E-state index in [0.29, 0.717) is 11.5 Å². The van der Waals surface area contributed by atoms with E-state index >= 15 is 0 Å². The van der Waals surface area contributed by atoms with Crippen LogP contribution in [0.15, 0.2) is 43.0 Å². The smallest absolute Gasteiger partial charge is 0.182 e. The number of fused-ring (bicyclic) bond motifs is 1. The van der Waals surface area contributed by atoms with E-state index in [2.05, 4.69) is 38.1 Å². The summed E-state index contributed by atoms with van der Waals surface area (Å²) >= 11 is 0. The SMILES string of the molecule is [c]1ccc(N2CCOCC2)cc1-c1nc2c(-c3cnn(CCN4CCOCC4)c3)nccn2n1. The molecule has 0 aliphatic carbocycles. The highest BCUT2D eigenvalue weighted by molar-refractivity contribution is 5.74.